The molecule has 2 aliphatic rings. The summed E-state index contributed by atoms with van der Waals surface area (Å²) < 4.78 is 21.2. The quantitative estimate of drug-likeness (QED) is 0.102. The Morgan fingerprint density at radius 2 is 0.891 bits per heavy atom. The number of hydrogen-bond donors (Lipinski definition) is 0. The van der Waals surface area contributed by atoms with Crippen LogP contribution in [0.25, 0.3) is 0 Å². The molecule has 8 nitrogen and oxygen atoms in total. The topological polar surface area (TPSA) is 105 Å². The van der Waals surface area contributed by atoms with E-state index in [2.05, 4.69) is 41.5 Å². The van der Waals surface area contributed by atoms with Crippen molar-refractivity contribution in [2.24, 2.45) is 21.7 Å². The van der Waals surface area contributed by atoms with E-state index in [4.69, 9.17) is 88.6 Å². The second-order valence-corrected chi connectivity index (χ2v) is 15.9. The highest BCUT2D eigenvalue weighted by Crippen LogP contribution is 2.65. The summed E-state index contributed by atoms with van der Waals surface area (Å²) in [5.74, 6) is -6.42. The van der Waals surface area contributed by atoms with Crippen LogP contribution in [0.15, 0.2) is 12.1 Å². The van der Waals surface area contributed by atoms with Crippen molar-refractivity contribution in [1.82, 2.24) is 0 Å². The molecule has 14 heteroatoms. The molecule has 4 rings (SSSR count). The summed E-state index contributed by atoms with van der Waals surface area (Å²) >= 11 is 37.3. The van der Waals surface area contributed by atoms with Crippen molar-refractivity contribution in [3.63, 3.8) is 0 Å². The van der Waals surface area contributed by atoms with E-state index in [9.17, 15) is 19.2 Å². The fraction of sp³-hybridized carbons (Fsp3) is 0.500. The predicted octanol–water partition coefficient (Wildman–Crippen LogP) is 10.1. The van der Waals surface area contributed by atoms with Crippen LogP contribution in [0, 0.1) is 21.7 Å². The number of rotatable bonds is 10. The minimum atomic E-state index is -1.65. The minimum Gasteiger partial charge on any atom is -0.462 e. The Morgan fingerprint density at radius 3 is 1.17 bits per heavy atom. The van der Waals surface area contributed by atoms with Gasteiger partial charge in [0, 0.05) is 0 Å². The average Bonchev–Trinajstić information content (AvgIpc) is 3.67. The van der Waals surface area contributed by atoms with Gasteiger partial charge in [-0.1, -0.05) is 111 Å². The normalized spacial score (nSPS) is 22.1. The lowest BCUT2D eigenvalue weighted by molar-refractivity contribution is -0.156. The molecule has 0 amide bonds. The molecule has 2 aliphatic carbocycles. The predicted molar refractivity (Wildman–Crippen MR) is 177 cm³/mol. The lowest BCUT2D eigenvalue weighted by atomic mass is 9.95. The standard InChI is InChI=1S/C32H32Cl6O8/c1-29(2)13-31(29,5)7-9-43-25(39)19-21(37)15(33)11-17(35)23(19)45-27(41)28(42)46-24-18(36)12-16(34)22(38)20(24)26(40)44-10-8-32(6)14-30(32,3)4/h11-12H,7-10,13-14H2,1-6H3. The fourth-order valence-corrected chi connectivity index (χ4v) is 7.03. The van der Waals surface area contributed by atoms with Crippen LogP contribution >= 0.6 is 69.6 Å². The first kappa shape index (κ1) is 36.9. The summed E-state index contributed by atoms with van der Waals surface area (Å²) in [6.07, 6.45) is 3.08. The number of esters is 4. The average molecular weight is 757 g/mol. The first-order valence-electron chi connectivity index (χ1n) is 14.3. The van der Waals surface area contributed by atoms with Gasteiger partial charge in [-0.3, -0.25) is 0 Å². The summed E-state index contributed by atoms with van der Waals surface area (Å²) in [5, 5.41) is -1.51. The maximum Gasteiger partial charge on any atom is 0.423 e. The smallest absolute Gasteiger partial charge is 0.423 e. The van der Waals surface area contributed by atoms with Crippen molar-refractivity contribution < 1.29 is 38.1 Å². The zero-order valence-electron chi connectivity index (χ0n) is 25.9. The van der Waals surface area contributed by atoms with Gasteiger partial charge in [0.2, 0.25) is 0 Å². The number of hydrogen-bond acceptors (Lipinski definition) is 8. The van der Waals surface area contributed by atoms with Crippen LogP contribution in [-0.4, -0.2) is 37.1 Å². The molecule has 2 saturated carbocycles. The van der Waals surface area contributed by atoms with Crippen molar-refractivity contribution in [2.45, 2.75) is 67.2 Å². The van der Waals surface area contributed by atoms with Gasteiger partial charge in [0.1, 0.15) is 11.1 Å². The third kappa shape index (κ3) is 7.37. The Hall–Kier alpha value is -1.94. The van der Waals surface area contributed by atoms with Gasteiger partial charge < -0.3 is 18.9 Å². The highest BCUT2D eigenvalue weighted by Gasteiger charge is 2.57. The Kier molecular flexibility index (Phi) is 10.6. The van der Waals surface area contributed by atoms with E-state index in [-0.39, 0.29) is 65.0 Å². The molecule has 0 aliphatic heterocycles. The van der Waals surface area contributed by atoms with Gasteiger partial charge in [-0.15, -0.1) is 0 Å². The molecule has 0 N–H and O–H groups in total. The van der Waals surface area contributed by atoms with Crippen molar-refractivity contribution in [3.05, 3.63) is 53.4 Å². The van der Waals surface area contributed by atoms with Crippen LogP contribution in [0.3, 0.4) is 0 Å². The minimum absolute atomic E-state index is 0.00841. The lowest BCUT2D eigenvalue weighted by Gasteiger charge is -2.17. The fourth-order valence-electron chi connectivity index (χ4n) is 5.59. The van der Waals surface area contributed by atoms with Gasteiger partial charge in [0.05, 0.1) is 43.3 Å². The molecule has 0 bridgehead atoms. The van der Waals surface area contributed by atoms with Crippen LogP contribution in [0.2, 0.25) is 30.1 Å². The lowest BCUT2D eigenvalue weighted by Crippen LogP contribution is -2.27. The third-order valence-corrected chi connectivity index (χ3v) is 11.8. The molecule has 2 fully saturated rings. The number of halogens is 6. The Bertz CT molecular complexity index is 1520. The Morgan fingerprint density at radius 1 is 0.587 bits per heavy atom. The summed E-state index contributed by atoms with van der Waals surface area (Å²) in [5.41, 5.74) is -0.735. The number of benzene rings is 2. The number of ether oxygens (including phenoxy) is 4. The molecule has 46 heavy (non-hydrogen) atoms. The highest BCUT2D eigenvalue weighted by molar-refractivity contribution is 6.47. The van der Waals surface area contributed by atoms with Gasteiger partial charge in [0.15, 0.2) is 11.5 Å². The third-order valence-electron chi connectivity index (χ3n) is 9.67. The molecular formula is C32H32Cl6O8. The van der Waals surface area contributed by atoms with Crippen LogP contribution in [-0.2, 0) is 19.1 Å². The van der Waals surface area contributed by atoms with Crippen LogP contribution < -0.4 is 9.47 Å². The van der Waals surface area contributed by atoms with Gasteiger partial charge in [0.25, 0.3) is 0 Å². The second kappa shape index (κ2) is 13.2. The number of carbonyl (C=O) groups is 4. The van der Waals surface area contributed by atoms with E-state index in [1.54, 1.807) is 0 Å². The first-order valence-corrected chi connectivity index (χ1v) is 16.5. The Balaban J connectivity index is 1.51. The SMILES string of the molecule is CC1(C)CC1(C)CCOC(=O)c1c(Cl)c(Cl)cc(Cl)c1OC(=O)C(=O)Oc1c(Cl)cc(Cl)c(Cl)c1C(=O)OCCC1(C)CC1(C)C. The van der Waals surface area contributed by atoms with E-state index in [1.165, 1.54) is 0 Å². The summed E-state index contributed by atoms with van der Waals surface area (Å²) in [7, 11) is 0. The van der Waals surface area contributed by atoms with Crippen molar-refractivity contribution in [1.29, 1.82) is 0 Å². The molecule has 2 aromatic rings. The first-order chi connectivity index (χ1) is 21.1. The van der Waals surface area contributed by atoms with Gasteiger partial charge >= 0.3 is 23.9 Å². The molecule has 0 saturated heterocycles. The van der Waals surface area contributed by atoms with Crippen molar-refractivity contribution in [2.75, 3.05) is 13.2 Å². The van der Waals surface area contributed by atoms with Crippen LogP contribution in [0.1, 0.15) is 87.9 Å². The molecule has 250 valence electrons. The van der Waals surface area contributed by atoms with Crippen LogP contribution in [0.5, 0.6) is 11.5 Å². The van der Waals surface area contributed by atoms with E-state index in [0.717, 1.165) is 25.0 Å². The van der Waals surface area contributed by atoms with Crippen LogP contribution in [0.4, 0.5) is 0 Å². The molecule has 0 radical (unpaired) electrons. The summed E-state index contributed by atoms with van der Waals surface area (Å²) in [4.78, 5) is 52.1. The summed E-state index contributed by atoms with van der Waals surface area (Å²) in [6, 6.07) is 2.24. The van der Waals surface area contributed by atoms with Crippen molar-refractivity contribution >= 4 is 93.5 Å². The largest absolute Gasteiger partial charge is 0.462 e. The number of carbonyl (C=O) groups excluding carboxylic acids is 4. The molecule has 2 atom stereocenters. The Labute approximate surface area is 297 Å². The van der Waals surface area contributed by atoms with E-state index in [1.807, 2.05) is 0 Å². The molecule has 0 heterocycles. The van der Waals surface area contributed by atoms with Gasteiger partial charge in [-0.25, -0.2) is 19.2 Å². The van der Waals surface area contributed by atoms with Gasteiger partial charge in [-0.2, -0.15) is 0 Å². The zero-order valence-corrected chi connectivity index (χ0v) is 30.5. The highest BCUT2D eigenvalue weighted by atomic mass is 35.5. The van der Waals surface area contributed by atoms with Crippen molar-refractivity contribution in [3.8, 4) is 11.5 Å². The second-order valence-electron chi connectivity index (χ2n) is 13.5. The molecule has 2 aromatic carbocycles. The molecular weight excluding hydrogens is 725 g/mol. The molecule has 2 unspecified atom stereocenters. The maximum absolute atomic E-state index is 13.1. The molecule has 0 aromatic heterocycles. The molecule has 0 spiro atoms. The zero-order chi connectivity index (χ0) is 34.6. The van der Waals surface area contributed by atoms with E-state index < -0.39 is 46.5 Å². The van der Waals surface area contributed by atoms with Gasteiger partial charge in [-0.05, 0) is 59.5 Å². The van der Waals surface area contributed by atoms with E-state index >= 15 is 0 Å². The van der Waals surface area contributed by atoms with E-state index in [0.29, 0.717) is 12.8 Å². The maximum atomic E-state index is 13.1. The summed E-state index contributed by atoms with van der Waals surface area (Å²) in [6.45, 7) is 12.7. The monoisotopic (exact) mass is 754 g/mol.